The number of carbonyl (C=O) groups excluding carboxylic acids is 2. The summed E-state index contributed by atoms with van der Waals surface area (Å²) in [6, 6.07) is 39.5. The molecule has 5 nitrogen and oxygen atoms in total. The van der Waals surface area contributed by atoms with E-state index < -0.39 is 11.8 Å². The van der Waals surface area contributed by atoms with Gasteiger partial charge in [0, 0.05) is 48.7 Å². The summed E-state index contributed by atoms with van der Waals surface area (Å²) in [4.78, 5) is 33.3. The third-order valence-corrected chi connectivity index (χ3v) is 9.70. The van der Waals surface area contributed by atoms with Crippen molar-refractivity contribution in [2.45, 2.75) is 6.92 Å². The zero-order valence-corrected chi connectivity index (χ0v) is 25.6. The third kappa shape index (κ3) is 5.57. The summed E-state index contributed by atoms with van der Waals surface area (Å²) >= 11 is 3.27. The van der Waals surface area contributed by atoms with Gasteiger partial charge in [-0.25, -0.2) is 0 Å². The molecular weight excluding hydrogens is 583 g/mol. The minimum Gasteiger partial charge on any atom is -0.311 e. The molecule has 0 radical (unpaired) electrons. The zero-order valence-electron chi connectivity index (χ0n) is 23.9. The smallest absolute Gasteiger partial charge is 0.271 e. The molecule has 0 unspecified atom stereocenters. The van der Waals surface area contributed by atoms with Gasteiger partial charge >= 0.3 is 0 Å². The average Bonchev–Trinajstić information content (AvgIpc) is 3.74. The van der Waals surface area contributed by atoms with Gasteiger partial charge in [0.1, 0.15) is 11.6 Å². The fraction of sp³-hybridized carbons (Fsp3) is 0.0541. The van der Waals surface area contributed by atoms with Gasteiger partial charge < -0.3 is 4.90 Å². The van der Waals surface area contributed by atoms with Crippen LogP contribution in [0, 0.1) is 11.3 Å². The molecule has 2 amide bonds. The van der Waals surface area contributed by atoms with Gasteiger partial charge in [-0.2, -0.15) is 5.26 Å². The highest BCUT2D eigenvalue weighted by atomic mass is 32.1. The predicted octanol–water partition coefficient (Wildman–Crippen LogP) is 9.39. The molecule has 1 aliphatic heterocycles. The van der Waals surface area contributed by atoms with Gasteiger partial charge in [0.15, 0.2) is 0 Å². The van der Waals surface area contributed by atoms with Crippen LogP contribution in [0.1, 0.15) is 11.8 Å². The van der Waals surface area contributed by atoms with E-state index in [1.165, 1.54) is 6.08 Å². The van der Waals surface area contributed by atoms with Crippen molar-refractivity contribution in [3.05, 3.63) is 143 Å². The van der Waals surface area contributed by atoms with E-state index in [0.29, 0.717) is 11.1 Å². The lowest BCUT2D eigenvalue weighted by molar-refractivity contribution is -0.139. The molecule has 6 rings (SSSR count). The summed E-state index contributed by atoms with van der Waals surface area (Å²) in [5.41, 5.74) is 5.14. The fourth-order valence-corrected chi connectivity index (χ4v) is 7.18. The number of amides is 2. The van der Waals surface area contributed by atoms with Crippen molar-refractivity contribution in [1.29, 1.82) is 5.26 Å². The molecule has 0 bridgehead atoms. The SMILES string of the molecule is C=CCN1C(=O)C(C#N)=C(C)/C(=C/c2ccc(-c3ccc(-c4ccc(N(c5ccccc5)c5ccccc5)cc4)s3)s2)C1=O. The normalized spacial score (nSPS) is 14.2. The number of imide groups is 1. The third-order valence-electron chi connectivity index (χ3n) is 7.34. The van der Waals surface area contributed by atoms with Crippen LogP contribution >= 0.6 is 22.7 Å². The molecule has 0 atom stereocenters. The highest BCUT2D eigenvalue weighted by Crippen LogP contribution is 2.40. The molecule has 7 heteroatoms. The van der Waals surface area contributed by atoms with Crippen LogP contribution in [0.2, 0.25) is 0 Å². The van der Waals surface area contributed by atoms with Gasteiger partial charge in [-0.3, -0.25) is 14.5 Å². The van der Waals surface area contributed by atoms with Gasteiger partial charge in [-0.15, -0.1) is 29.3 Å². The molecule has 0 spiro atoms. The molecule has 0 saturated carbocycles. The van der Waals surface area contributed by atoms with Crippen LogP contribution in [0.5, 0.6) is 0 Å². The van der Waals surface area contributed by atoms with E-state index in [2.05, 4.69) is 72.1 Å². The van der Waals surface area contributed by atoms with Crippen LogP contribution in [-0.4, -0.2) is 23.3 Å². The van der Waals surface area contributed by atoms with E-state index in [1.54, 1.807) is 35.7 Å². The van der Waals surface area contributed by atoms with Crippen LogP contribution in [-0.2, 0) is 9.59 Å². The maximum Gasteiger partial charge on any atom is 0.271 e. The van der Waals surface area contributed by atoms with Crippen molar-refractivity contribution in [3.63, 3.8) is 0 Å². The first-order chi connectivity index (χ1) is 21.5. The second kappa shape index (κ2) is 12.5. The number of benzene rings is 3. The Kier molecular flexibility index (Phi) is 8.20. The van der Waals surface area contributed by atoms with Gasteiger partial charge in [-0.05, 0) is 84.8 Å². The van der Waals surface area contributed by atoms with Crippen LogP contribution in [0.15, 0.2) is 139 Å². The molecule has 3 aromatic carbocycles. The average molecular weight is 610 g/mol. The van der Waals surface area contributed by atoms with E-state index in [-0.39, 0.29) is 12.1 Å². The maximum atomic E-state index is 13.1. The number of thiophene rings is 2. The number of nitriles is 1. The van der Waals surface area contributed by atoms with Crippen LogP contribution in [0.3, 0.4) is 0 Å². The Morgan fingerprint density at radius 3 is 1.93 bits per heavy atom. The van der Waals surface area contributed by atoms with Crippen molar-refractivity contribution in [2.24, 2.45) is 0 Å². The summed E-state index contributed by atoms with van der Waals surface area (Å²) in [6.07, 6.45) is 3.25. The van der Waals surface area contributed by atoms with E-state index in [9.17, 15) is 14.9 Å². The summed E-state index contributed by atoms with van der Waals surface area (Å²) in [7, 11) is 0. The Labute approximate surface area is 264 Å². The van der Waals surface area contributed by atoms with Crippen molar-refractivity contribution < 1.29 is 9.59 Å². The van der Waals surface area contributed by atoms with E-state index >= 15 is 0 Å². The summed E-state index contributed by atoms with van der Waals surface area (Å²) in [6.45, 7) is 5.34. The van der Waals surface area contributed by atoms with Crippen LogP contribution in [0.4, 0.5) is 17.1 Å². The molecule has 0 aliphatic carbocycles. The molecule has 0 N–H and O–H groups in total. The second-order valence-corrected chi connectivity index (χ2v) is 12.3. The van der Waals surface area contributed by atoms with Crippen molar-refractivity contribution in [3.8, 4) is 26.3 Å². The predicted molar refractivity (Wildman–Crippen MR) is 181 cm³/mol. The lowest BCUT2D eigenvalue weighted by Gasteiger charge is -2.26. The lowest BCUT2D eigenvalue weighted by atomic mass is 9.95. The Hall–Kier alpha value is -5.29. The van der Waals surface area contributed by atoms with Crippen molar-refractivity contribution in [1.82, 2.24) is 4.90 Å². The van der Waals surface area contributed by atoms with Gasteiger partial charge in [0.25, 0.3) is 11.8 Å². The molecule has 2 aromatic heterocycles. The van der Waals surface area contributed by atoms with Crippen molar-refractivity contribution >= 4 is 57.6 Å². The molecule has 0 fully saturated rings. The molecule has 0 saturated heterocycles. The van der Waals surface area contributed by atoms with E-state index in [0.717, 1.165) is 47.0 Å². The molecule has 44 heavy (non-hydrogen) atoms. The Bertz CT molecular complexity index is 1920. The molecule has 214 valence electrons. The minimum atomic E-state index is -0.578. The zero-order chi connectivity index (χ0) is 30.6. The number of para-hydroxylation sites is 2. The summed E-state index contributed by atoms with van der Waals surface area (Å²) in [5.74, 6) is -0.993. The number of carbonyl (C=O) groups is 2. The minimum absolute atomic E-state index is 0.0148. The number of hydrogen-bond acceptors (Lipinski definition) is 6. The first-order valence-corrected chi connectivity index (χ1v) is 15.6. The van der Waals surface area contributed by atoms with Gasteiger partial charge in [0.2, 0.25) is 0 Å². The molecule has 3 heterocycles. The topological polar surface area (TPSA) is 64.4 Å². The largest absolute Gasteiger partial charge is 0.311 e. The number of rotatable bonds is 8. The Morgan fingerprint density at radius 1 is 0.750 bits per heavy atom. The Balaban J connectivity index is 1.26. The fourth-order valence-electron chi connectivity index (χ4n) is 5.13. The summed E-state index contributed by atoms with van der Waals surface area (Å²) in [5, 5.41) is 9.57. The molecule has 5 aromatic rings. The first-order valence-electron chi connectivity index (χ1n) is 14.0. The monoisotopic (exact) mass is 609 g/mol. The first kappa shape index (κ1) is 28.8. The molecular formula is C37H27N3O2S2. The number of anilines is 3. The highest BCUT2D eigenvalue weighted by molar-refractivity contribution is 7.24. The quantitative estimate of drug-likeness (QED) is 0.0999. The second-order valence-electron chi connectivity index (χ2n) is 10.1. The summed E-state index contributed by atoms with van der Waals surface area (Å²) < 4.78 is 0. The van der Waals surface area contributed by atoms with Gasteiger partial charge in [-0.1, -0.05) is 54.6 Å². The van der Waals surface area contributed by atoms with Crippen LogP contribution < -0.4 is 4.90 Å². The van der Waals surface area contributed by atoms with Crippen molar-refractivity contribution in [2.75, 3.05) is 11.4 Å². The maximum absolute atomic E-state index is 13.1. The molecule has 1 aliphatic rings. The van der Waals surface area contributed by atoms with E-state index in [1.807, 2.05) is 54.6 Å². The number of hydrogen-bond donors (Lipinski definition) is 0. The Morgan fingerprint density at radius 2 is 1.32 bits per heavy atom. The lowest BCUT2D eigenvalue weighted by Crippen LogP contribution is -2.42. The standard InChI is InChI=1S/C37H27N3O2S2/c1-3-22-39-36(41)31(25(2)32(24-38)37(39)42)23-30-18-19-34(43-30)35-21-20-33(44-35)26-14-16-29(17-15-26)40(27-10-6-4-7-11-27)28-12-8-5-9-13-28/h3-21,23H,1,22H2,2H3/b31-23-. The van der Waals surface area contributed by atoms with Crippen LogP contribution in [0.25, 0.3) is 26.3 Å². The number of nitrogens with zero attached hydrogens (tertiary/aromatic N) is 3. The highest BCUT2D eigenvalue weighted by Gasteiger charge is 2.34. The van der Waals surface area contributed by atoms with E-state index in [4.69, 9.17) is 0 Å². The van der Waals surface area contributed by atoms with Gasteiger partial charge in [0.05, 0.1) is 0 Å².